The van der Waals surface area contributed by atoms with E-state index in [4.69, 9.17) is 5.11 Å². The van der Waals surface area contributed by atoms with E-state index in [0.29, 0.717) is 12.6 Å². The Kier molecular flexibility index (Phi) is 8.07. The van der Waals surface area contributed by atoms with Crippen LogP contribution < -0.4 is 5.32 Å². The van der Waals surface area contributed by atoms with Crippen LogP contribution in [0.5, 0.6) is 0 Å². The maximum absolute atomic E-state index is 9.01. The first-order valence-electron chi connectivity index (χ1n) is 4.66. The Morgan fingerprint density at radius 1 is 1.42 bits per heavy atom. The first kappa shape index (κ1) is 12.3. The summed E-state index contributed by atoms with van der Waals surface area (Å²) in [6, 6.07) is 0.527. The summed E-state index contributed by atoms with van der Waals surface area (Å²) < 4.78 is 0. The number of hydrogen-bond acceptors (Lipinski definition) is 3. The topological polar surface area (TPSA) is 32.3 Å². The fourth-order valence-electron chi connectivity index (χ4n) is 0.878. The summed E-state index contributed by atoms with van der Waals surface area (Å²) in [7, 11) is 0. The van der Waals surface area contributed by atoms with Crippen LogP contribution in [-0.2, 0) is 0 Å². The molecule has 0 aliphatic heterocycles. The molecule has 0 heterocycles. The minimum atomic E-state index is -0.230. The summed E-state index contributed by atoms with van der Waals surface area (Å²) >= 11 is 1.97. The van der Waals surface area contributed by atoms with Gasteiger partial charge in [0.25, 0.3) is 0 Å². The lowest BCUT2D eigenvalue weighted by molar-refractivity contribution is 0.187. The molecule has 12 heavy (non-hydrogen) atoms. The molecule has 0 bridgehead atoms. The minimum Gasteiger partial charge on any atom is -0.392 e. The summed E-state index contributed by atoms with van der Waals surface area (Å²) in [6.45, 7) is 6.86. The second-order valence-electron chi connectivity index (χ2n) is 3.14. The van der Waals surface area contributed by atoms with Gasteiger partial charge in [-0.25, -0.2) is 0 Å². The zero-order valence-electron chi connectivity index (χ0n) is 8.34. The van der Waals surface area contributed by atoms with E-state index in [1.165, 1.54) is 17.9 Å². The molecule has 0 aromatic heterocycles. The van der Waals surface area contributed by atoms with Gasteiger partial charge in [-0.3, -0.25) is 0 Å². The third kappa shape index (κ3) is 8.37. The molecule has 0 spiro atoms. The van der Waals surface area contributed by atoms with Crippen molar-refractivity contribution >= 4 is 11.8 Å². The molecule has 2 N–H and O–H groups in total. The number of nitrogens with one attached hydrogen (secondary N) is 1. The summed E-state index contributed by atoms with van der Waals surface area (Å²) in [4.78, 5) is 0. The molecule has 0 aromatic rings. The van der Waals surface area contributed by atoms with Crippen LogP contribution in [0.2, 0.25) is 0 Å². The lowest BCUT2D eigenvalue weighted by atomic mass is 10.2. The van der Waals surface area contributed by atoms with E-state index >= 15 is 0 Å². The van der Waals surface area contributed by atoms with Gasteiger partial charge in [-0.15, -0.1) is 0 Å². The van der Waals surface area contributed by atoms with Gasteiger partial charge in [0.05, 0.1) is 6.10 Å². The van der Waals surface area contributed by atoms with E-state index in [0.717, 1.165) is 0 Å². The second-order valence-corrected chi connectivity index (χ2v) is 4.54. The van der Waals surface area contributed by atoms with Crippen LogP contribution in [0.3, 0.4) is 0 Å². The van der Waals surface area contributed by atoms with E-state index in [9.17, 15) is 0 Å². The maximum atomic E-state index is 9.01. The molecule has 0 radical (unpaired) electrons. The van der Waals surface area contributed by atoms with Gasteiger partial charge in [0, 0.05) is 12.6 Å². The van der Waals surface area contributed by atoms with Crippen molar-refractivity contribution in [3.8, 4) is 0 Å². The van der Waals surface area contributed by atoms with Crippen molar-refractivity contribution in [1.82, 2.24) is 5.32 Å². The van der Waals surface area contributed by atoms with Crippen LogP contribution in [0.4, 0.5) is 0 Å². The standard InChI is InChI=1S/C9H21NOS/c1-4-12-6-5-8(2)10-7-9(3)11/h8-11H,4-7H2,1-3H3/t8?,9-/m0/s1. The minimum absolute atomic E-state index is 0.230. The van der Waals surface area contributed by atoms with Gasteiger partial charge in [0.2, 0.25) is 0 Å². The summed E-state index contributed by atoms with van der Waals surface area (Å²) in [5.74, 6) is 2.41. The molecule has 3 heteroatoms. The van der Waals surface area contributed by atoms with Gasteiger partial charge in [-0.1, -0.05) is 6.92 Å². The number of thioether (sulfide) groups is 1. The van der Waals surface area contributed by atoms with Crippen LogP contribution in [0.1, 0.15) is 27.2 Å². The number of hydrogen-bond donors (Lipinski definition) is 2. The van der Waals surface area contributed by atoms with Crippen molar-refractivity contribution < 1.29 is 5.11 Å². The lowest BCUT2D eigenvalue weighted by Crippen LogP contribution is -2.32. The molecule has 2 nitrogen and oxygen atoms in total. The fraction of sp³-hybridized carbons (Fsp3) is 1.00. The first-order valence-corrected chi connectivity index (χ1v) is 5.81. The number of aliphatic hydroxyl groups is 1. The van der Waals surface area contributed by atoms with Crippen molar-refractivity contribution in [2.45, 2.75) is 39.3 Å². The van der Waals surface area contributed by atoms with Crippen LogP contribution in [-0.4, -0.2) is 35.3 Å². The SMILES string of the molecule is CCSCCC(C)NC[C@H](C)O. The molecule has 74 valence electrons. The van der Waals surface area contributed by atoms with Gasteiger partial charge in [-0.05, 0) is 31.8 Å². The average molecular weight is 191 g/mol. The van der Waals surface area contributed by atoms with Gasteiger partial charge in [0.1, 0.15) is 0 Å². The Hall–Kier alpha value is 0.270. The van der Waals surface area contributed by atoms with Crippen molar-refractivity contribution in [3.05, 3.63) is 0 Å². The van der Waals surface area contributed by atoms with E-state index in [2.05, 4.69) is 19.2 Å². The van der Waals surface area contributed by atoms with Crippen molar-refractivity contribution in [1.29, 1.82) is 0 Å². The molecule has 2 atom stereocenters. The van der Waals surface area contributed by atoms with E-state index in [-0.39, 0.29) is 6.10 Å². The van der Waals surface area contributed by atoms with Crippen LogP contribution in [0.25, 0.3) is 0 Å². The van der Waals surface area contributed by atoms with Crippen LogP contribution >= 0.6 is 11.8 Å². The smallest absolute Gasteiger partial charge is 0.0636 e. The normalized spacial score (nSPS) is 16.0. The average Bonchev–Trinajstić information content (AvgIpc) is 2.01. The zero-order valence-corrected chi connectivity index (χ0v) is 9.16. The fourth-order valence-corrected chi connectivity index (χ4v) is 1.69. The highest BCUT2D eigenvalue weighted by molar-refractivity contribution is 7.99. The van der Waals surface area contributed by atoms with Crippen molar-refractivity contribution in [3.63, 3.8) is 0 Å². The molecule has 0 aromatic carbocycles. The molecular weight excluding hydrogens is 170 g/mol. The highest BCUT2D eigenvalue weighted by Crippen LogP contribution is 2.03. The maximum Gasteiger partial charge on any atom is 0.0636 e. The van der Waals surface area contributed by atoms with Gasteiger partial charge < -0.3 is 10.4 Å². The third-order valence-corrected chi connectivity index (χ3v) is 2.59. The lowest BCUT2D eigenvalue weighted by Gasteiger charge is -2.14. The molecule has 0 aliphatic rings. The Morgan fingerprint density at radius 3 is 2.58 bits per heavy atom. The van der Waals surface area contributed by atoms with E-state index < -0.39 is 0 Å². The summed E-state index contributed by atoms with van der Waals surface area (Å²) in [6.07, 6.45) is 0.955. The Balaban J connectivity index is 3.15. The summed E-state index contributed by atoms with van der Waals surface area (Å²) in [5.41, 5.74) is 0. The van der Waals surface area contributed by atoms with Gasteiger partial charge >= 0.3 is 0 Å². The Morgan fingerprint density at radius 2 is 2.08 bits per heavy atom. The first-order chi connectivity index (χ1) is 5.66. The molecule has 0 rings (SSSR count). The molecule has 0 aliphatic carbocycles. The van der Waals surface area contributed by atoms with Crippen molar-refractivity contribution in [2.24, 2.45) is 0 Å². The van der Waals surface area contributed by atoms with Crippen LogP contribution in [0, 0.1) is 0 Å². The molecule has 0 fully saturated rings. The largest absolute Gasteiger partial charge is 0.392 e. The van der Waals surface area contributed by atoms with Gasteiger partial charge in [-0.2, -0.15) is 11.8 Å². The molecular formula is C9H21NOS. The Labute approximate surface area is 80.1 Å². The number of rotatable bonds is 7. The van der Waals surface area contributed by atoms with Crippen LogP contribution in [0.15, 0.2) is 0 Å². The zero-order chi connectivity index (χ0) is 9.40. The van der Waals surface area contributed by atoms with E-state index in [1.54, 1.807) is 6.92 Å². The summed E-state index contributed by atoms with van der Waals surface area (Å²) in [5, 5.41) is 12.3. The molecule has 0 saturated carbocycles. The van der Waals surface area contributed by atoms with Gasteiger partial charge in [0.15, 0.2) is 0 Å². The predicted octanol–water partition coefficient (Wildman–Crippen LogP) is 1.49. The predicted molar refractivity (Wildman–Crippen MR) is 56.8 cm³/mol. The monoisotopic (exact) mass is 191 g/mol. The highest BCUT2D eigenvalue weighted by Gasteiger charge is 2.01. The number of aliphatic hydroxyl groups excluding tert-OH is 1. The third-order valence-electron chi connectivity index (χ3n) is 1.66. The van der Waals surface area contributed by atoms with Crippen molar-refractivity contribution in [2.75, 3.05) is 18.1 Å². The second kappa shape index (κ2) is 7.90. The molecule has 0 saturated heterocycles. The highest BCUT2D eigenvalue weighted by atomic mass is 32.2. The quantitative estimate of drug-likeness (QED) is 0.598. The molecule has 0 amide bonds. The molecule has 1 unspecified atom stereocenters. The van der Waals surface area contributed by atoms with E-state index in [1.807, 2.05) is 11.8 Å². The Bertz CT molecular complexity index is 98.5.